The maximum atomic E-state index is 12.3. The summed E-state index contributed by atoms with van der Waals surface area (Å²) < 4.78 is 3.45. The molecule has 1 aliphatic carbocycles. The minimum atomic E-state index is -0.233. The Morgan fingerprint density at radius 2 is 2.05 bits per heavy atom. The maximum absolute atomic E-state index is 12.3. The van der Waals surface area contributed by atoms with Crippen LogP contribution < -0.4 is 11.2 Å². The van der Waals surface area contributed by atoms with Gasteiger partial charge in [0.15, 0.2) is 0 Å². The lowest BCUT2D eigenvalue weighted by Crippen LogP contribution is -2.41. The molecule has 1 aromatic heterocycles. The summed E-state index contributed by atoms with van der Waals surface area (Å²) in [7, 11) is 1.69. The molecule has 0 fully saturated rings. The first kappa shape index (κ1) is 14.6. The molecule has 110 valence electrons. The van der Waals surface area contributed by atoms with Gasteiger partial charge in [-0.15, -0.1) is 0 Å². The normalized spacial score (nSPS) is 17.5. The zero-order valence-corrected chi connectivity index (χ0v) is 14.0. The molecule has 1 aromatic carbocycles. The van der Waals surface area contributed by atoms with Crippen LogP contribution in [0, 0.1) is 3.57 Å². The van der Waals surface area contributed by atoms with Gasteiger partial charge in [0.25, 0.3) is 5.56 Å². The quantitative estimate of drug-likeness (QED) is 0.732. The second-order valence-corrected chi connectivity index (χ2v) is 6.74. The largest absolute Gasteiger partial charge is 0.330 e. The topological polar surface area (TPSA) is 44.0 Å². The lowest BCUT2D eigenvalue weighted by Gasteiger charge is -2.26. The van der Waals surface area contributed by atoms with Gasteiger partial charge in [0.05, 0.1) is 3.57 Å². The lowest BCUT2D eigenvalue weighted by atomic mass is 9.83. The van der Waals surface area contributed by atoms with E-state index in [0.29, 0.717) is 10.1 Å². The Kier molecular flexibility index (Phi) is 4.01. The Morgan fingerprint density at radius 1 is 1.29 bits per heavy atom. The number of hydrogen-bond donors (Lipinski definition) is 0. The highest BCUT2D eigenvalue weighted by molar-refractivity contribution is 14.1. The molecular weight excluding hydrogens is 379 g/mol. The van der Waals surface area contributed by atoms with Crippen molar-refractivity contribution in [1.82, 2.24) is 9.13 Å². The maximum Gasteiger partial charge on any atom is 0.330 e. The Hall–Kier alpha value is -1.37. The third-order valence-electron chi connectivity index (χ3n) is 4.19. The molecule has 0 aliphatic heterocycles. The molecular formula is C16H17IN2O2. The summed E-state index contributed by atoms with van der Waals surface area (Å²) in [6, 6.07) is 8.37. The number of benzene rings is 1. The first-order chi connectivity index (χ1) is 10.1. The van der Waals surface area contributed by atoms with Gasteiger partial charge in [0.1, 0.15) is 0 Å². The van der Waals surface area contributed by atoms with Crippen LogP contribution in [-0.2, 0) is 20.0 Å². The summed E-state index contributed by atoms with van der Waals surface area (Å²) in [5, 5.41) is 0. The summed E-state index contributed by atoms with van der Waals surface area (Å²) in [6.07, 6.45) is 4.82. The molecule has 0 spiro atoms. The fourth-order valence-electron chi connectivity index (χ4n) is 3.11. The Morgan fingerprint density at radius 3 is 2.86 bits per heavy atom. The molecule has 3 rings (SSSR count). The second kappa shape index (κ2) is 5.79. The SMILES string of the molecule is Cn1cc(I)c(=O)n(CC2CCCc3ccccc32)c1=O. The zero-order chi connectivity index (χ0) is 15.0. The van der Waals surface area contributed by atoms with Crippen LogP contribution in [0.4, 0.5) is 0 Å². The van der Waals surface area contributed by atoms with Crippen molar-refractivity contribution in [3.05, 3.63) is 66.0 Å². The van der Waals surface area contributed by atoms with Gasteiger partial charge in [-0.1, -0.05) is 24.3 Å². The molecule has 1 heterocycles. The van der Waals surface area contributed by atoms with E-state index in [1.807, 2.05) is 28.7 Å². The van der Waals surface area contributed by atoms with Gasteiger partial charge < -0.3 is 4.57 Å². The number of rotatable bonds is 2. The Bertz CT molecular complexity index is 757. The molecule has 1 atom stereocenters. The van der Waals surface area contributed by atoms with Crippen LogP contribution in [0.15, 0.2) is 40.1 Å². The van der Waals surface area contributed by atoms with Crippen LogP contribution >= 0.6 is 22.6 Å². The molecule has 2 aromatic rings. The van der Waals surface area contributed by atoms with E-state index in [1.54, 1.807) is 13.2 Å². The highest BCUT2D eigenvalue weighted by atomic mass is 127. The van der Waals surface area contributed by atoms with E-state index < -0.39 is 0 Å². The molecule has 0 saturated heterocycles. The van der Waals surface area contributed by atoms with E-state index >= 15 is 0 Å². The fraction of sp³-hybridized carbons (Fsp3) is 0.375. The molecule has 0 bridgehead atoms. The predicted molar refractivity (Wildman–Crippen MR) is 90.8 cm³/mol. The van der Waals surface area contributed by atoms with E-state index in [-0.39, 0.29) is 17.2 Å². The standard InChI is InChI=1S/C16H17IN2O2/c1-18-10-14(17)15(20)19(16(18)21)9-12-7-4-6-11-5-2-3-8-13(11)12/h2-3,5,8,10,12H,4,6-7,9H2,1H3. The Labute approximate surface area is 136 Å². The van der Waals surface area contributed by atoms with Crippen molar-refractivity contribution in [2.45, 2.75) is 31.7 Å². The molecule has 1 unspecified atom stereocenters. The summed E-state index contributed by atoms with van der Waals surface area (Å²) in [5.74, 6) is 0.249. The van der Waals surface area contributed by atoms with E-state index in [4.69, 9.17) is 0 Å². The molecule has 4 nitrogen and oxygen atoms in total. The predicted octanol–water partition coefficient (Wildman–Crippen LogP) is 2.27. The molecule has 21 heavy (non-hydrogen) atoms. The van der Waals surface area contributed by atoms with Crippen molar-refractivity contribution in [3.8, 4) is 0 Å². The van der Waals surface area contributed by atoms with Gasteiger partial charge in [0.2, 0.25) is 0 Å². The highest BCUT2D eigenvalue weighted by Crippen LogP contribution is 2.32. The van der Waals surface area contributed by atoms with Gasteiger partial charge in [-0.05, 0) is 53.0 Å². The molecule has 0 amide bonds. The van der Waals surface area contributed by atoms with Crippen LogP contribution in [0.25, 0.3) is 0 Å². The number of nitrogens with zero attached hydrogens (tertiary/aromatic N) is 2. The van der Waals surface area contributed by atoms with E-state index in [2.05, 4.69) is 18.2 Å². The molecule has 0 radical (unpaired) electrons. The van der Waals surface area contributed by atoms with Gasteiger partial charge in [-0.3, -0.25) is 9.36 Å². The van der Waals surface area contributed by atoms with E-state index in [9.17, 15) is 9.59 Å². The smallest absolute Gasteiger partial charge is 0.302 e. The van der Waals surface area contributed by atoms with Gasteiger partial charge >= 0.3 is 5.69 Å². The molecule has 5 heteroatoms. The minimum absolute atomic E-state index is 0.179. The van der Waals surface area contributed by atoms with Crippen molar-refractivity contribution in [2.24, 2.45) is 7.05 Å². The van der Waals surface area contributed by atoms with Crippen LogP contribution in [0.3, 0.4) is 0 Å². The summed E-state index contributed by atoms with van der Waals surface area (Å²) in [4.78, 5) is 24.5. The molecule has 1 aliphatic rings. The summed E-state index contributed by atoms with van der Waals surface area (Å²) >= 11 is 1.99. The summed E-state index contributed by atoms with van der Waals surface area (Å²) in [5.41, 5.74) is 2.23. The number of fused-ring (bicyclic) bond motifs is 1. The number of aryl methyl sites for hydroxylation is 2. The van der Waals surface area contributed by atoms with Crippen LogP contribution in [0.2, 0.25) is 0 Å². The average molecular weight is 396 g/mol. The third kappa shape index (κ3) is 2.71. The average Bonchev–Trinajstić information content (AvgIpc) is 2.50. The van der Waals surface area contributed by atoms with Gasteiger partial charge in [0, 0.05) is 25.7 Å². The van der Waals surface area contributed by atoms with Crippen LogP contribution in [-0.4, -0.2) is 9.13 Å². The number of halogens is 1. The molecule has 0 N–H and O–H groups in total. The zero-order valence-electron chi connectivity index (χ0n) is 11.9. The van der Waals surface area contributed by atoms with Crippen LogP contribution in [0.1, 0.15) is 29.9 Å². The monoisotopic (exact) mass is 396 g/mol. The lowest BCUT2D eigenvalue weighted by molar-refractivity contribution is 0.454. The van der Waals surface area contributed by atoms with Crippen molar-refractivity contribution in [1.29, 1.82) is 0 Å². The summed E-state index contributed by atoms with van der Waals surface area (Å²) in [6.45, 7) is 0.472. The first-order valence-electron chi connectivity index (χ1n) is 7.11. The number of aromatic nitrogens is 2. The number of hydrogen-bond acceptors (Lipinski definition) is 2. The fourth-order valence-corrected chi connectivity index (χ4v) is 3.82. The minimum Gasteiger partial charge on any atom is -0.302 e. The van der Waals surface area contributed by atoms with Crippen LogP contribution in [0.5, 0.6) is 0 Å². The van der Waals surface area contributed by atoms with E-state index in [0.717, 1.165) is 19.3 Å². The third-order valence-corrected chi connectivity index (χ3v) is 4.93. The van der Waals surface area contributed by atoms with Gasteiger partial charge in [-0.2, -0.15) is 0 Å². The van der Waals surface area contributed by atoms with Crippen molar-refractivity contribution in [3.63, 3.8) is 0 Å². The van der Waals surface area contributed by atoms with Crippen molar-refractivity contribution >= 4 is 22.6 Å². The Balaban J connectivity index is 2.03. The molecule has 0 saturated carbocycles. The van der Waals surface area contributed by atoms with Gasteiger partial charge in [-0.25, -0.2) is 4.79 Å². The first-order valence-corrected chi connectivity index (χ1v) is 8.19. The highest BCUT2D eigenvalue weighted by Gasteiger charge is 2.22. The van der Waals surface area contributed by atoms with E-state index in [1.165, 1.54) is 20.3 Å². The van der Waals surface area contributed by atoms with Crippen molar-refractivity contribution in [2.75, 3.05) is 0 Å². The van der Waals surface area contributed by atoms with Crippen molar-refractivity contribution < 1.29 is 0 Å². The second-order valence-electron chi connectivity index (χ2n) is 5.57.